The summed E-state index contributed by atoms with van der Waals surface area (Å²) in [7, 11) is 0. The van der Waals surface area contributed by atoms with Gasteiger partial charge in [0.25, 0.3) is 0 Å². The minimum atomic E-state index is -1.21. The highest BCUT2D eigenvalue weighted by molar-refractivity contribution is 5.82. The number of unbranched alkanes of at least 4 members (excludes halogenated alkanes) is 7. The van der Waals surface area contributed by atoms with E-state index in [1.165, 1.54) is 46.0 Å². The van der Waals surface area contributed by atoms with Gasteiger partial charge in [-0.15, -0.1) is 0 Å². The van der Waals surface area contributed by atoms with Gasteiger partial charge in [0.1, 0.15) is 0 Å². The molecule has 0 aromatic rings. The molecule has 0 spiro atoms. The van der Waals surface area contributed by atoms with E-state index in [0.29, 0.717) is 6.42 Å². The molecule has 20 heavy (non-hydrogen) atoms. The lowest BCUT2D eigenvalue weighted by Crippen LogP contribution is -2.52. The summed E-state index contributed by atoms with van der Waals surface area (Å²) in [6, 6.07) is 0. The van der Waals surface area contributed by atoms with Crippen molar-refractivity contribution < 1.29 is 15.0 Å². The molecule has 4 N–H and O–H groups in total. The lowest BCUT2D eigenvalue weighted by atomic mass is 9.73. The van der Waals surface area contributed by atoms with Gasteiger partial charge in [-0.1, -0.05) is 58.3 Å². The lowest BCUT2D eigenvalue weighted by Gasteiger charge is -2.36. The number of carbonyl (C=O) groups is 1. The number of hydrogen-bond acceptors (Lipinski definition) is 3. The molecule has 1 amide bonds. The zero-order valence-electron chi connectivity index (χ0n) is 13.4. The Bertz CT molecular complexity index is 256. The topological polar surface area (TPSA) is 83.6 Å². The smallest absolute Gasteiger partial charge is 0.228 e. The highest BCUT2D eigenvalue weighted by Gasteiger charge is 2.45. The van der Waals surface area contributed by atoms with Gasteiger partial charge in [0, 0.05) is 0 Å². The van der Waals surface area contributed by atoms with Gasteiger partial charge in [-0.3, -0.25) is 4.79 Å². The minimum absolute atomic E-state index is 0.451. The molecule has 0 aromatic carbocycles. The van der Waals surface area contributed by atoms with E-state index in [-0.39, 0.29) is 0 Å². The second kappa shape index (κ2) is 10.2. The molecule has 120 valence electrons. The van der Waals surface area contributed by atoms with Crippen molar-refractivity contribution in [1.29, 1.82) is 0 Å². The molecular weight excluding hydrogens is 254 g/mol. The molecule has 0 saturated heterocycles. The Morgan fingerprint density at radius 1 is 0.950 bits per heavy atom. The maximum absolute atomic E-state index is 11.6. The highest BCUT2D eigenvalue weighted by atomic mass is 16.3. The Kier molecular flexibility index (Phi) is 9.86. The van der Waals surface area contributed by atoms with Crippen LogP contribution < -0.4 is 5.73 Å². The zero-order chi connectivity index (χ0) is 15.6. The maximum Gasteiger partial charge on any atom is 0.228 e. The molecule has 0 rings (SSSR count). The maximum atomic E-state index is 11.6. The normalized spacial score (nSPS) is 17.4. The average Bonchev–Trinajstić information content (AvgIpc) is 2.35. The van der Waals surface area contributed by atoms with E-state index in [0.717, 1.165) is 19.3 Å². The Hall–Kier alpha value is -0.610. The predicted octanol–water partition coefficient (Wildman–Crippen LogP) is 2.75. The Labute approximate surface area is 123 Å². The van der Waals surface area contributed by atoms with Crippen molar-refractivity contribution in [2.24, 2.45) is 11.1 Å². The van der Waals surface area contributed by atoms with Crippen molar-refractivity contribution in [2.75, 3.05) is 0 Å². The number of aliphatic hydroxyl groups excluding tert-OH is 2. The zero-order valence-corrected chi connectivity index (χ0v) is 13.4. The monoisotopic (exact) mass is 287 g/mol. The second-order valence-corrected chi connectivity index (χ2v) is 5.98. The van der Waals surface area contributed by atoms with Crippen LogP contribution in [0.25, 0.3) is 0 Å². The fourth-order valence-corrected chi connectivity index (χ4v) is 2.85. The van der Waals surface area contributed by atoms with E-state index in [2.05, 4.69) is 6.92 Å². The summed E-state index contributed by atoms with van der Waals surface area (Å²) in [5.41, 5.74) is 4.20. The number of carbonyl (C=O) groups excluding carboxylic acids is 1. The first-order valence-corrected chi connectivity index (χ1v) is 8.05. The third-order valence-corrected chi connectivity index (χ3v) is 4.39. The van der Waals surface area contributed by atoms with Crippen LogP contribution in [0.4, 0.5) is 0 Å². The predicted molar refractivity (Wildman–Crippen MR) is 82.2 cm³/mol. The van der Waals surface area contributed by atoms with Crippen LogP contribution in [0.5, 0.6) is 0 Å². The number of hydrogen-bond donors (Lipinski definition) is 3. The van der Waals surface area contributed by atoms with Crippen LogP contribution in [0.1, 0.15) is 78.6 Å². The van der Waals surface area contributed by atoms with Crippen LogP contribution >= 0.6 is 0 Å². The van der Waals surface area contributed by atoms with Crippen molar-refractivity contribution in [3.63, 3.8) is 0 Å². The van der Waals surface area contributed by atoms with Gasteiger partial charge in [0.2, 0.25) is 5.91 Å². The number of primary amides is 1. The number of aliphatic hydroxyl groups is 2. The number of rotatable bonds is 12. The molecule has 4 nitrogen and oxygen atoms in total. The van der Waals surface area contributed by atoms with E-state index in [1.54, 1.807) is 0 Å². The lowest BCUT2D eigenvalue weighted by molar-refractivity contribution is -0.145. The van der Waals surface area contributed by atoms with Gasteiger partial charge in [-0.05, 0) is 20.3 Å². The van der Waals surface area contributed by atoms with E-state index < -0.39 is 23.5 Å². The largest absolute Gasteiger partial charge is 0.392 e. The summed E-state index contributed by atoms with van der Waals surface area (Å²) in [5.74, 6) is -0.606. The number of amides is 1. The first-order chi connectivity index (χ1) is 9.39. The second-order valence-electron chi connectivity index (χ2n) is 5.98. The SMILES string of the molecule is CCCCCCCCCCC(C(N)=O)(C(C)O)C(C)O. The third kappa shape index (κ3) is 5.80. The third-order valence-electron chi connectivity index (χ3n) is 4.39. The summed E-state index contributed by atoms with van der Waals surface area (Å²) in [6.07, 6.45) is 7.89. The molecule has 0 aliphatic rings. The van der Waals surface area contributed by atoms with Gasteiger partial charge in [0.05, 0.1) is 17.6 Å². The fourth-order valence-electron chi connectivity index (χ4n) is 2.85. The van der Waals surface area contributed by atoms with Crippen LogP contribution in [0, 0.1) is 5.41 Å². The molecule has 0 bridgehead atoms. The van der Waals surface area contributed by atoms with Crippen molar-refractivity contribution in [3.8, 4) is 0 Å². The standard InChI is InChI=1S/C16H33NO3/c1-4-5-6-7-8-9-10-11-12-16(13(2)18,14(3)19)15(17)20/h13-14,18-19H,4-12H2,1-3H3,(H2,17,20). The average molecular weight is 287 g/mol. The van der Waals surface area contributed by atoms with Crippen LogP contribution in [0.2, 0.25) is 0 Å². The molecule has 0 aromatic heterocycles. The van der Waals surface area contributed by atoms with E-state index in [1.807, 2.05) is 0 Å². The molecule has 0 heterocycles. The molecule has 4 heteroatoms. The van der Waals surface area contributed by atoms with Crippen LogP contribution in [0.3, 0.4) is 0 Å². The first kappa shape index (κ1) is 19.4. The first-order valence-electron chi connectivity index (χ1n) is 8.05. The molecule has 0 aliphatic heterocycles. The van der Waals surface area contributed by atoms with Crippen molar-refractivity contribution in [1.82, 2.24) is 0 Å². The summed E-state index contributed by atoms with van der Waals surface area (Å²) < 4.78 is 0. The minimum Gasteiger partial charge on any atom is -0.392 e. The molecule has 0 aliphatic carbocycles. The summed E-state index contributed by atoms with van der Waals surface area (Å²) in [6.45, 7) is 5.26. The van der Waals surface area contributed by atoms with Crippen molar-refractivity contribution in [2.45, 2.75) is 90.8 Å². The Morgan fingerprint density at radius 3 is 1.70 bits per heavy atom. The van der Waals surface area contributed by atoms with Crippen molar-refractivity contribution in [3.05, 3.63) is 0 Å². The molecule has 0 radical (unpaired) electrons. The van der Waals surface area contributed by atoms with Gasteiger partial charge in [-0.25, -0.2) is 0 Å². The van der Waals surface area contributed by atoms with E-state index in [9.17, 15) is 15.0 Å². The van der Waals surface area contributed by atoms with Gasteiger partial charge in [0.15, 0.2) is 0 Å². The molecule has 2 unspecified atom stereocenters. The van der Waals surface area contributed by atoms with Gasteiger partial charge in [-0.2, -0.15) is 0 Å². The highest BCUT2D eigenvalue weighted by Crippen LogP contribution is 2.33. The molecule has 0 saturated carbocycles. The summed E-state index contributed by atoms with van der Waals surface area (Å²) >= 11 is 0. The van der Waals surface area contributed by atoms with Crippen molar-refractivity contribution >= 4 is 5.91 Å². The van der Waals surface area contributed by atoms with Gasteiger partial charge >= 0.3 is 0 Å². The van der Waals surface area contributed by atoms with Crippen LogP contribution in [-0.4, -0.2) is 28.3 Å². The summed E-state index contributed by atoms with van der Waals surface area (Å²) in [4.78, 5) is 11.6. The Morgan fingerprint density at radius 2 is 1.35 bits per heavy atom. The number of nitrogens with two attached hydrogens (primary N) is 1. The van der Waals surface area contributed by atoms with Gasteiger partial charge < -0.3 is 15.9 Å². The van der Waals surface area contributed by atoms with Crippen LogP contribution in [-0.2, 0) is 4.79 Å². The van der Waals surface area contributed by atoms with E-state index >= 15 is 0 Å². The van der Waals surface area contributed by atoms with E-state index in [4.69, 9.17) is 5.73 Å². The summed E-state index contributed by atoms with van der Waals surface area (Å²) in [5, 5.41) is 19.7. The quantitative estimate of drug-likeness (QED) is 0.483. The van der Waals surface area contributed by atoms with Crippen LogP contribution in [0.15, 0.2) is 0 Å². The Balaban J connectivity index is 4.07. The molecule has 0 fully saturated rings. The molecular formula is C16H33NO3. The molecule has 2 atom stereocenters. The fraction of sp³-hybridized carbons (Fsp3) is 0.938.